The topological polar surface area (TPSA) is 66.6 Å². The van der Waals surface area contributed by atoms with Gasteiger partial charge >= 0.3 is 0 Å². The number of nitrogen functional groups attached to an aromatic ring is 1. The molecule has 0 spiro atoms. The van der Waals surface area contributed by atoms with E-state index in [2.05, 4.69) is 0 Å². The normalized spacial score (nSPS) is 19.2. The van der Waals surface area contributed by atoms with E-state index in [-0.39, 0.29) is 12.5 Å². The molecule has 0 aromatic heterocycles. The molecule has 1 amide bonds. The maximum Gasteiger partial charge on any atom is 0.253 e. The van der Waals surface area contributed by atoms with E-state index >= 15 is 0 Å². The summed E-state index contributed by atoms with van der Waals surface area (Å²) in [7, 11) is 0. The first kappa shape index (κ1) is 12.9. The minimum atomic E-state index is 0.0436. The number of nitrogens with zero attached hydrogens (tertiary/aromatic N) is 1. The predicted molar refractivity (Wildman–Crippen MR) is 71.3 cm³/mol. The summed E-state index contributed by atoms with van der Waals surface area (Å²) in [6.45, 7) is 3.64. The largest absolute Gasteiger partial charge is 0.398 e. The molecule has 1 fully saturated rings. The summed E-state index contributed by atoms with van der Waals surface area (Å²) in [6, 6.07) is 5.45. The first-order valence-corrected chi connectivity index (χ1v) is 6.38. The predicted octanol–water partition coefficient (Wildman–Crippen LogP) is 1.42. The summed E-state index contributed by atoms with van der Waals surface area (Å²) in [4.78, 5) is 14.1. The number of carbonyl (C=O) groups is 1. The molecule has 1 atom stereocenters. The van der Waals surface area contributed by atoms with E-state index in [9.17, 15) is 4.79 Å². The maximum atomic E-state index is 12.3. The average Bonchev–Trinajstić information content (AvgIpc) is 2.81. The zero-order valence-corrected chi connectivity index (χ0v) is 10.7. The number of aryl methyl sites for hydroxylation is 1. The SMILES string of the molecule is Cc1ccc(C(=O)N2CCC(CCO)C2)cc1N. The highest BCUT2D eigenvalue weighted by atomic mass is 16.3. The maximum absolute atomic E-state index is 12.3. The minimum absolute atomic E-state index is 0.0436. The number of amides is 1. The number of likely N-dealkylation sites (tertiary alicyclic amines) is 1. The molecule has 1 aliphatic rings. The van der Waals surface area contributed by atoms with E-state index in [4.69, 9.17) is 10.8 Å². The van der Waals surface area contributed by atoms with Gasteiger partial charge in [0.1, 0.15) is 0 Å². The number of benzene rings is 1. The van der Waals surface area contributed by atoms with E-state index in [0.29, 0.717) is 17.2 Å². The molecule has 0 saturated carbocycles. The van der Waals surface area contributed by atoms with Gasteiger partial charge in [-0.2, -0.15) is 0 Å². The zero-order valence-electron chi connectivity index (χ0n) is 10.7. The van der Waals surface area contributed by atoms with Crippen molar-refractivity contribution in [3.05, 3.63) is 29.3 Å². The van der Waals surface area contributed by atoms with Crippen molar-refractivity contribution < 1.29 is 9.90 Å². The van der Waals surface area contributed by atoms with Crippen molar-refractivity contribution in [1.29, 1.82) is 0 Å². The Morgan fingerprint density at radius 3 is 3.00 bits per heavy atom. The number of anilines is 1. The Balaban J connectivity index is 2.05. The Morgan fingerprint density at radius 1 is 1.56 bits per heavy atom. The van der Waals surface area contributed by atoms with Crippen molar-refractivity contribution in [1.82, 2.24) is 4.90 Å². The third-order valence-corrected chi connectivity index (χ3v) is 3.64. The molecule has 4 nitrogen and oxygen atoms in total. The number of rotatable bonds is 3. The number of aliphatic hydroxyl groups is 1. The molecule has 4 heteroatoms. The standard InChI is InChI=1S/C14H20N2O2/c1-10-2-3-12(8-13(10)15)14(18)16-6-4-11(9-16)5-7-17/h2-3,8,11,17H,4-7,9,15H2,1H3. The van der Waals surface area contributed by atoms with Gasteiger partial charge in [0.15, 0.2) is 0 Å². The van der Waals surface area contributed by atoms with E-state index in [1.807, 2.05) is 24.0 Å². The molecular formula is C14H20N2O2. The summed E-state index contributed by atoms with van der Waals surface area (Å²) in [5.41, 5.74) is 8.13. The van der Waals surface area contributed by atoms with Gasteiger partial charge in [0.05, 0.1) is 0 Å². The summed E-state index contributed by atoms with van der Waals surface area (Å²) < 4.78 is 0. The van der Waals surface area contributed by atoms with Gasteiger partial charge in [-0.25, -0.2) is 0 Å². The van der Waals surface area contributed by atoms with Crippen LogP contribution in [-0.2, 0) is 0 Å². The van der Waals surface area contributed by atoms with Crippen LogP contribution >= 0.6 is 0 Å². The van der Waals surface area contributed by atoms with Crippen LogP contribution in [0.2, 0.25) is 0 Å². The summed E-state index contributed by atoms with van der Waals surface area (Å²) in [6.07, 6.45) is 1.76. The first-order chi connectivity index (χ1) is 8.61. The lowest BCUT2D eigenvalue weighted by atomic mass is 10.1. The second kappa shape index (κ2) is 5.40. The molecule has 1 aliphatic heterocycles. The van der Waals surface area contributed by atoms with Crippen LogP contribution in [0.3, 0.4) is 0 Å². The molecule has 1 unspecified atom stereocenters. The number of hydrogen-bond acceptors (Lipinski definition) is 3. The monoisotopic (exact) mass is 248 g/mol. The van der Waals surface area contributed by atoms with E-state index in [0.717, 1.165) is 31.5 Å². The average molecular weight is 248 g/mol. The lowest BCUT2D eigenvalue weighted by Crippen LogP contribution is -2.28. The highest BCUT2D eigenvalue weighted by Crippen LogP contribution is 2.22. The fourth-order valence-corrected chi connectivity index (χ4v) is 2.39. The molecule has 18 heavy (non-hydrogen) atoms. The quantitative estimate of drug-likeness (QED) is 0.795. The highest BCUT2D eigenvalue weighted by molar-refractivity contribution is 5.95. The Kier molecular flexibility index (Phi) is 3.87. The van der Waals surface area contributed by atoms with Gasteiger partial charge in [0.25, 0.3) is 5.91 Å². The molecule has 1 aromatic rings. The molecule has 0 radical (unpaired) electrons. The van der Waals surface area contributed by atoms with Gasteiger partial charge in [-0.1, -0.05) is 6.07 Å². The molecule has 0 bridgehead atoms. The molecule has 98 valence electrons. The molecule has 0 aliphatic carbocycles. The van der Waals surface area contributed by atoms with Crippen molar-refractivity contribution >= 4 is 11.6 Å². The van der Waals surface area contributed by atoms with Crippen LogP contribution in [-0.4, -0.2) is 35.6 Å². The number of aliphatic hydroxyl groups excluding tert-OH is 1. The number of carbonyl (C=O) groups excluding carboxylic acids is 1. The van der Waals surface area contributed by atoms with Gasteiger partial charge in [-0.3, -0.25) is 4.79 Å². The highest BCUT2D eigenvalue weighted by Gasteiger charge is 2.26. The number of nitrogens with two attached hydrogens (primary N) is 1. The van der Waals surface area contributed by atoms with Crippen LogP contribution in [0.15, 0.2) is 18.2 Å². The van der Waals surface area contributed by atoms with Gasteiger partial charge in [-0.15, -0.1) is 0 Å². The lowest BCUT2D eigenvalue weighted by molar-refractivity contribution is 0.0785. The summed E-state index contributed by atoms with van der Waals surface area (Å²) in [5.74, 6) is 0.476. The molecule has 1 aromatic carbocycles. The van der Waals surface area contributed by atoms with Gasteiger partial charge in [0, 0.05) is 30.9 Å². The second-order valence-electron chi connectivity index (χ2n) is 4.99. The Labute approximate surface area is 107 Å². The van der Waals surface area contributed by atoms with Crippen LogP contribution in [0, 0.1) is 12.8 Å². The molecular weight excluding hydrogens is 228 g/mol. The van der Waals surface area contributed by atoms with Crippen molar-refractivity contribution in [2.45, 2.75) is 19.8 Å². The van der Waals surface area contributed by atoms with Crippen LogP contribution < -0.4 is 5.73 Å². The van der Waals surface area contributed by atoms with E-state index in [1.54, 1.807) is 6.07 Å². The fourth-order valence-electron chi connectivity index (χ4n) is 2.39. The lowest BCUT2D eigenvalue weighted by Gasteiger charge is -2.17. The fraction of sp³-hybridized carbons (Fsp3) is 0.500. The van der Waals surface area contributed by atoms with Crippen LogP contribution in [0.4, 0.5) is 5.69 Å². The van der Waals surface area contributed by atoms with Crippen molar-refractivity contribution in [2.24, 2.45) is 5.92 Å². The van der Waals surface area contributed by atoms with E-state index < -0.39 is 0 Å². The Morgan fingerprint density at radius 2 is 2.33 bits per heavy atom. The first-order valence-electron chi connectivity index (χ1n) is 6.38. The smallest absolute Gasteiger partial charge is 0.253 e. The van der Waals surface area contributed by atoms with E-state index in [1.165, 1.54) is 0 Å². The van der Waals surface area contributed by atoms with Crippen LogP contribution in [0.25, 0.3) is 0 Å². The Hall–Kier alpha value is -1.55. The second-order valence-corrected chi connectivity index (χ2v) is 4.99. The van der Waals surface area contributed by atoms with Gasteiger partial charge in [-0.05, 0) is 43.4 Å². The molecule has 2 rings (SSSR count). The molecule has 1 heterocycles. The van der Waals surface area contributed by atoms with Crippen molar-refractivity contribution in [3.63, 3.8) is 0 Å². The molecule has 3 N–H and O–H groups in total. The zero-order chi connectivity index (χ0) is 13.1. The minimum Gasteiger partial charge on any atom is -0.398 e. The number of hydrogen-bond donors (Lipinski definition) is 2. The van der Waals surface area contributed by atoms with Crippen LogP contribution in [0.5, 0.6) is 0 Å². The van der Waals surface area contributed by atoms with Crippen molar-refractivity contribution in [3.8, 4) is 0 Å². The Bertz CT molecular complexity index is 445. The van der Waals surface area contributed by atoms with Crippen LogP contribution in [0.1, 0.15) is 28.8 Å². The summed E-state index contributed by atoms with van der Waals surface area (Å²) >= 11 is 0. The third kappa shape index (κ3) is 2.64. The molecule has 1 saturated heterocycles. The third-order valence-electron chi connectivity index (χ3n) is 3.64. The summed E-state index contributed by atoms with van der Waals surface area (Å²) in [5, 5.41) is 8.92. The van der Waals surface area contributed by atoms with Gasteiger partial charge < -0.3 is 15.7 Å². The van der Waals surface area contributed by atoms with Gasteiger partial charge in [0.2, 0.25) is 0 Å². The van der Waals surface area contributed by atoms with Crippen molar-refractivity contribution in [2.75, 3.05) is 25.4 Å².